The van der Waals surface area contributed by atoms with Crippen LogP contribution >= 0.6 is 11.6 Å². The minimum absolute atomic E-state index is 0.0437. The third kappa shape index (κ3) is 5.94. The summed E-state index contributed by atoms with van der Waals surface area (Å²) >= 11 is 6.30. The van der Waals surface area contributed by atoms with Crippen molar-refractivity contribution in [2.24, 2.45) is 0 Å². The SMILES string of the molecule is CC(=O)N1CC(Nc2ncc(Cl)c(-c3ccc4c(c3)C(=O)N(CC=O)C4)n2)C1.CN1CCc2ccccc2C1. The molecule has 0 radical (unpaired) electrons. The minimum atomic E-state index is -0.175. The summed E-state index contributed by atoms with van der Waals surface area (Å²) in [5.41, 5.74) is 5.69. The monoisotopic (exact) mass is 546 g/mol. The van der Waals surface area contributed by atoms with Gasteiger partial charge < -0.3 is 24.8 Å². The number of likely N-dealkylation sites (tertiary alicyclic amines) is 1. The van der Waals surface area contributed by atoms with Gasteiger partial charge in [0.05, 0.1) is 29.5 Å². The zero-order valence-corrected chi connectivity index (χ0v) is 22.8. The smallest absolute Gasteiger partial charge is 0.254 e. The molecule has 1 saturated heterocycles. The largest absolute Gasteiger partial charge is 0.348 e. The summed E-state index contributed by atoms with van der Waals surface area (Å²) in [6.45, 7) is 5.58. The highest BCUT2D eigenvalue weighted by Crippen LogP contribution is 2.31. The Hall–Kier alpha value is -3.82. The van der Waals surface area contributed by atoms with Gasteiger partial charge in [0.15, 0.2) is 0 Å². The minimum Gasteiger partial charge on any atom is -0.348 e. The molecule has 39 heavy (non-hydrogen) atoms. The van der Waals surface area contributed by atoms with Gasteiger partial charge in [0.2, 0.25) is 11.9 Å². The average Bonchev–Trinajstić information content (AvgIpc) is 3.21. The highest BCUT2D eigenvalue weighted by Gasteiger charge is 2.30. The van der Waals surface area contributed by atoms with Gasteiger partial charge in [0.25, 0.3) is 5.91 Å². The Morgan fingerprint density at radius 3 is 2.64 bits per heavy atom. The number of rotatable bonds is 5. The molecule has 4 heterocycles. The fraction of sp³-hybridized carbons (Fsp3) is 0.345. The van der Waals surface area contributed by atoms with Crippen LogP contribution < -0.4 is 5.32 Å². The molecule has 2 aromatic carbocycles. The van der Waals surface area contributed by atoms with Crippen LogP contribution in [-0.4, -0.2) is 82.0 Å². The predicted octanol–water partition coefficient (Wildman–Crippen LogP) is 3.27. The molecule has 202 valence electrons. The van der Waals surface area contributed by atoms with Gasteiger partial charge in [-0.25, -0.2) is 9.97 Å². The van der Waals surface area contributed by atoms with E-state index in [2.05, 4.69) is 51.5 Å². The molecule has 3 aliphatic heterocycles. The van der Waals surface area contributed by atoms with E-state index in [1.807, 2.05) is 12.1 Å². The van der Waals surface area contributed by atoms with Gasteiger partial charge in [0.1, 0.15) is 6.29 Å². The van der Waals surface area contributed by atoms with Gasteiger partial charge in [-0.1, -0.05) is 48.0 Å². The second-order valence-electron chi connectivity index (χ2n) is 10.1. The lowest BCUT2D eigenvalue weighted by molar-refractivity contribution is -0.132. The molecule has 1 aromatic heterocycles. The maximum atomic E-state index is 12.5. The first-order valence-corrected chi connectivity index (χ1v) is 13.4. The first-order valence-electron chi connectivity index (χ1n) is 13.0. The van der Waals surface area contributed by atoms with E-state index in [1.165, 1.54) is 35.2 Å². The third-order valence-corrected chi connectivity index (χ3v) is 7.56. The second kappa shape index (κ2) is 11.5. The van der Waals surface area contributed by atoms with E-state index in [4.69, 9.17) is 11.6 Å². The van der Waals surface area contributed by atoms with Crippen LogP contribution in [0, 0.1) is 0 Å². The number of nitrogens with zero attached hydrogens (tertiary/aromatic N) is 5. The molecule has 2 amide bonds. The van der Waals surface area contributed by atoms with E-state index in [0.29, 0.717) is 47.4 Å². The first-order chi connectivity index (χ1) is 18.8. The van der Waals surface area contributed by atoms with Gasteiger partial charge in [0, 0.05) is 50.8 Å². The Morgan fingerprint density at radius 2 is 1.90 bits per heavy atom. The number of halogens is 1. The number of carbonyl (C=O) groups is 3. The van der Waals surface area contributed by atoms with Gasteiger partial charge in [-0.2, -0.15) is 0 Å². The molecule has 1 fully saturated rings. The van der Waals surface area contributed by atoms with Crippen LogP contribution in [0.2, 0.25) is 5.02 Å². The van der Waals surface area contributed by atoms with Crippen molar-refractivity contribution < 1.29 is 14.4 Å². The van der Waals surface area contributed by atoms with E-state index in [1.54, 1.807) is 17.9 Å². The zero-order valence-electron chi connectivity index (χ0n) is 22.1. The number of fused-ring (bicyclic) bond motifs is 2. The molecule has 3 aliphatic rings. The van der Waals surface area contributed by atoms with Crippen LogP contribution in [0.15, 0.2) is 48.7 Å². The number of anilines is 1. The summed E-state index contributed by atoms with van der Waals surface area (Å²) in [6, 6.07) is 14.3. The number of benzene rings is 2. The molecule has 3 aromatic rings. The molecule has 9 nitrogen and oxygen atoms in total. The number of likely N-dealkylation sites (N-methyl/N-ethyl adjacent to an activating group) is 1. The van der Waals surface area contributed by atoms with E-state index >= 15 is 0 Å². The van der Waals surface area contributed by atoms with E-state index < -0.39 is 0 Å². The summed E-state index contributed by atoms with van der Waals surface area (Å²) in [6.07, 6.45) is 3.45. The number of nitrogens with one attached hydrogen (secondary N) is 1. The third-order valence-electron chi connectivity index (χ3n) is 7.28. The van der Waals surface area contributed by atoms with Crippen LogP contribution in [0.1, 0.15) is 34.0 Å². The summed E-state index contributed by atoms with van der Waals surface area (Å²) in [5.74, 6) is 0.287. The Bertz CT molecular complexity index is 1410. The summed E-state index contributed by atoms with van der Waals surface area (Å²) in [4.78, 5) is 48.8. The summed E-state index contributed by atoms with van der Waals surface area (Å²) < 4.78 is 0. The van der Waals surface area contributed by atoms with Crippen LogP contribution in [0.5, 0.6) is 0 Å². The van der Waals surface area contributed by atoms with Crippen molar-refractivity contribution in [1.29, 1.82) is 0 Å². The second-order valence-corrected chi connectivity index (χ2v) is 10.5. The topological polar surface area (TPSA) is 98.7 Å². The van der Waals surface area contributed by atoms with Crippen molar-refractivity contribution in [2.45, 2.75) is 32.5 Å². The predicted molar refractivity (Wildman–Crippen MR) is 149 cm³/mol. The lowest BCUT2D eigenvalue weighted by atomic mass is 10.0. The molecule has 0 atom stereocenters. The van der Waals surface area contributed by atoms with Crippen molar-refractivity contribution in [2.75, 3.05) is 38.5 Å². The van der Waals surface area contributed by atoms with Gasteiger partial charge in [-0.05, 0) is 36.2 Å². The van der Waals surface area contributed by atoms with Crippen molar-refractivity contribution in [3.05, 3.63) is 75.9 Å². The van der Waals surface area contributed by atoms with E-state index in [0.717, 1.165) is 18.4 Å². The number of carbonyl (C=O) groups excluding carboxylic acids is 3. The number of amides is 2. The molecular weight excluding hydrogens is 516 g/mol. The highest BCUT2D eigenvalue weighted by atomic mass is 35.5. The quantitative estimate of drug-likeness (QED) is 0.490. The number of hydrogen-bond acceptors (Lipinski definition) is 7. The van der Waals surface area contributed by atoms with Crippen molar-refractivity contribution in [3.63, 3.8) is 0 Å². The molecule has 1 N–H and O–H groups in total. The maximum absolute atomic E-state index is 12.5. The van der Waals surface area contributed by atoms with Crippen LogP contribution in [-0.2, 0) is 29.1 Å². The van der Waals surface area contributed by atoms with Crippen LogP contribution in [0.4, 0.5) is 5.95 Å². The fourth-order valence-corrected chi connectivity index (χ4v) is 5.23. The zero-order chi connectivity index (χ0) is 27.5. The molecule has 10 heteroatoms. The van der Waals surface area contributed by atoms with E-state index in [9.17, 15) is 14.4 Å². The summed E-state index contributed by atoms with van der Waals surface area (Å²) in [7, 11) is 2.18. The molecule has 0 unspecified atom stereocenters. The number of aldehydes is 1. The van der Waals surface area contributed by atoms with Crippen LogP contribution in [0.3, 0.4) is 0 Å². The summed E-state index contributed by atoms with van der Waals surface area (Å²) in [5, 5.41) is 3.57. The first kappa shape index (κ1) is 26.8. The molecule has 0 aliphatic carbocycles. The molecule has 0 saturated carbocycles. The van der Waals surface area contributed by atoms with Crippen molar-refractivity contribution in [3.8, 4) is 11.3 Å². The maximum Gasteiger partial charge on any atom is 0.254 e. The number of hydrogen-bond donors (Lipinski definition) is 1. The van der Waals surface area contributed by atoms with Gasteiger partial charge >= 0.3 is 0 Å². The molecule has 6 rings (SSSR count). The Balaban J connectivity index is 0.000000233. The Kier molecular flexibility index (Phi) is 7.90. The van der Waals surface area contributed by atoms with E-state index in [-0.39, 0.29) is 24.4 Å². The Labute approximate surface area is 232 Å². The number of aromatic nitrogens is 2. The van der Waals surface area contributed by atoms with Gasteiger partial charge in [-0.15, -0.1) is 0 Å². The van der Waals surface area contributed by atoms with Gasteiger partial charge in [-0.3, -0.25) is 9.59 Å². The molecule has 0 bridgehead atoms. The highest BCUT2D eigenvalue weighted by molar-refractivity contribution is 6.33. The van der Waals surface area contributed by atoms with Crippen LogP contribution in [0.25, 0.3) is 11.3 Å². The average molecular weight is 547 g/mol. The fourth-order valence-electron chi connectivity index (χ4n) is 5.03. The Morgan fingerprint density at radius 1 is 1.13 bits per heavy atom. The lowest BCUT2D eigenvalue weighted by Crippen LogP contribution is -2.56. The molecular formula is C29H31ClN6O3. The normalized spacial score (nSPS) is 16.5. The lowest BCUT2D eigenvalue weighted by Gasteiger charge is -2.38. The molecule has 0 spiro atoms. The van der Waals surface area contributed by atoms with Crippen molar-refractivity contribution >= 4 is 35.6 Å². The van der Waals surface area contributed by atoms with Crippen molar-refractivity contribution in [1.82, 2.24) is 24.7 Å². The standard InChI is InChI=1S/C19H18ClN5O3.C10H13N/c1-11(27)25-9-14(10-25)22-19-21-7-16(20)17(23-19)12-2-3-13-8-24(4-5-26)18(28)15(13)6-12;1-11-7-6-9-4-2-3-5-10(9)8-11/h2-3,5-7,14H,4,8-10H2,1H3,(H,21,22,23);2-5H,6-8H2,1H3.